The van der Waals surface area contributed by atoms with E-state index in [0.717, 1.165) is 22.4 Å². The maximum Gasteiger partial charge on any atom is 0.228 e. The van der Waals surface area contributed by atoms with Gasteiger partial charge < -0.3 is 9.80 Å². The second-order valence-electron chi connectivity index (χ2n) is 6.45. The van der Waals surface area contributed by atoms with Crippen LogP contribution in [0.1, 0.15) is 23.1 Å². The highest BCUT2D eigenvalue weighted by atomic mass is 32.1. The minimum Gasteiger partial charge on any atom is -0.341 e. The van der Waals surface area contributed by atoms with E-state index in [-0.39, 0.29) is 17.7 Å². The van der Waals surface area contributed by atoms with Gasteiger partial charge >= 0.3 is 0 Å². The lowest BCUT2D eigenvalue weighted by molar-refractivity contribution is -0.135. The standard InChI is InChI=1S/C19H22N2O2S/c1-13-5-4-6-17(14(13)2)21-11-16(9-18(21)22)19(23)20(3)10-15-7-8-24-12-15/h4-8,12,16H,9-11H2,1-3H3. The topological polar surface area (TPSA) is 40.6 Å². The van der Waals surface area contributed by atoms with Crippen LogP contribution in [0.4, 0.5) is 5.69 Å². The number of thiophene rings is 1. The Bertz CT molecular complexity index is 755. The minimum atomic E-state index is -0.263. The maximum absolute atomic E-state index is 12.7. The van der Waals surface area contributed by atoms with Crippen molar-refractivity contribution in [2.24, 2.45) is 5.92 Å². The van der Waals surface area contributed by atoms with Crippen molar-refractivity contribution in [2.75, 3.05) is 18.5 Å². The molecule has 2 aromatic rings. The van der Waals surface area contributed by atoms with Crippen molar-refractivity contribution in [1.82, 2.24) is 4.90 Å². The number of nitrogens with zero attached hydrogens (tertiary/aromatic N) is 2. The van der Waals surface area contributed by atoms with Gasteiger partial charge in [-0.3, -0.25) is 9.59 Å². The minimum absolute atomic E-state index is 0.0333. The Morgan fingerprint density at radius 2 is 2.12 bits per heavy atom. The molecule has 0 bridgehead atoms. The number of hydrogen-bond donors (Lipinski definition) is 0. The van der Waals surface area contributed by atoms with Gasteiger partial charge in [0.15, 0.2) is 0 Å². The first-order chi connectivity index (χ1) is 11.5. The van der Waals surface area contributed by atoms with E-state index in [9.17, 15) is 9.59 Å². The molecule has 24 heavy (non-hydrogen) atoms. The summed E-state index contributed by atoms with van der Waals surface area (Å²) in [6, 6.07) is 7.98. The highest BCUT2D eigenvalue weighted by molar-refractivity contribution is 7.07. The molecule has 1 unspecified atom stereocenters. The summed E-state index contributed by atoms with van der Waals surface area (Å²) in [7, 11) is 1.81. The Hall–Kier alpha value is -2.14. The van der Waals surface area contributed by atoms with E-state index in [2.05, 4.69) is 0 Å². The van der Waals surface area contributed by atoms with E-state index >= 15 is 0 Å². The van der Waals surface area contributed by atoms with Gasteiger partial charge in [0, 0.05) is 32.2 Å². The van der Waals surface area contributed by atoms with Crippen molar-refractivity contribution < 1.29 is 9.59 Å². The van der Waals surface area contributed by atoms with E-state index in [1.807, 2.05) is 55.9 Å². The molecule has 2 amide bonds. The van der Waals surface area contributed by atoms with Crippen molar-refractivity contribution in [3.8, 4) is 0 Å². The lowest BCUT2D eigenvalue weighted by Crippen LogP contribution is -2.34. The summed E-state index contributed by atoms with van der Waals surface area (Å²) in [5, 5.41) is 4.06. The molecule has 1 aliphatic rings. The van der Waals surface area contributed by atoms with Gasteiger partial charge in [0.05, 0.1) is 5.92 Å². The molecule has 4 nitrogen and oxygen atoms in total. The number of hydrogen-bond acceptors (Lipinski definition) is 3. The molecule has 3 rings (SSSR count). The van der Waals surface area contributed by atoms with Crippen molar-refractivity contribution in [1.29, 1.82) is 0 Å². The van der Waals surface area contributed by atoms with Gasteiger partial charge in [0.1, 0.15) is 0 Å². The highest BCUT2D eigenvalue weighted by Crippen LogP contribution is 2.30. The number of rotatable bonds is 4. The lowest BCUT2D eigenvalue weighted by atomic mass is 10.1. The maximum atomic E-state index is 12.7. The normalized spacial score (nSPS) is 17.4. The molecule has 5 heteroatoms. The summed E-state index contributed by atoms with van der Waals surface area (Å²) < 4.78 is 0. The van der Waals surface area contributed by atoms with E-state index < -0.39 is 0 Å². The molecule has 0 radical (unpaired) electrons. The third-order valence-electron chi connectivity index (χ3n) is 4.72. The second-order valence-corrected chi connectivity index (χ2v) is 7.23. The smallest absolute Gasteiger partial charge is 0.228 e. The summed E-state index contributed by atoms with van der Waals surface area (Å²) in [4.78, 5) is 28.6. The molecule has 0 spiro atoms. The summed E-state index contributed by atoms with van der Waals surface area (Å²) in [6.07, 6.45) is 0.292. The van der Waals surface area contributed by atoms with Gasteiger partial charge in [-0.05, 0) is 53.4 Å². The number of carbonyl (C=O) groups excluding carboxylic acids is 2. The molecule has 2 heterocycles. The molecule has 1 atom stereocenters. The number of anilines is 1. The van der Waals surface area contributed by atoms with E-state index in [4.69, 9.17) is 0 Å². The first kappa shape index (κ1) is 16.7. The zero-order valence-corrected chi connectivity index (χ0v) is 15.1. The molecule has 1 saturated heterocycles. The van der Waals surface area contributed by atoms with E-state index in [1.54, 1.807) is 21.1 Å². The van der Waals surface area contributed by atoms with Crippen LogP contribution in [0.2, 0.25) is 0 Å². The van der Waals surface area contributed by atoms with E-state index in [0.29, 0.717) is 19.5 Å². The molecule has 0 saturated carbocycles. The quantitative estimate of drug-likeness (QED) is 0.855. The number of amides is 2. The van der Waals surface area contributed by atoms with Crippen LogP contribution in [0.5, 0.6) is 0 Å². The van der Waals surface area contributed by atoms with Crippen LogP contribution in [0.25, 0.3) is 0 Å². The van der Waals surface area contributed by atoms with Crippen molar-refractivity contribution in [2.45, 2.75) is 26.8 Å². The fraction of sp³-hybridized carbons (Fsp3) is 0.368. The molecule has 0 aliphatic carbocycles. The lowest BCUT2D eigenvalue weighted by Gasteiger charge is -2.22. The van der Waals surface area contributed by atoms with Gasteiger partial charge in [-0.2, -0.15) is 11.3 Å². The molecule has 1 fully saturated rings. The van der Waals surface area contributed by atoms with Crippen LogP contribution in [0.15, 0.2) is 35.0 Å². The van der Waals surface area contributed by atoms with Crippen LogP contribution >= 0.6 is 11.3 Å². The number of benzene rings is 1. The average Bonchev–Trinajstić information content (AvgIpc) is 3.19. The Morgan fingerprint density at radius 1 is 1.33 bits per heavy atom. The predicted octanol–water partition coefficient (Wildman–Crippen LogP) is 3.38. The summed E-state index contributed by atoms with van der Waals surface area (Å²) in [5.74, 6) is -0.186. The van der Waals surface area contributed by atoms with Gasteiger partial charge in [-0.1, -0.05) is 12.1 Å². The van der Waals surface area contributed by atoms with Crippen LogP contribution in [-0.4, -0.2) is 30.3 Å². The fourth-order valence-corrected chi connectivity index (χ4v) is 3.84. The molecule has 126 valence electrons. The van der Waals surface area contributed by atoms with E-state index in [1.165, 1.54) is 0 Å². The zero-order valence-electron chi connectivity index (χ0n) is 14.3. The van der Waals surface area contributed by atoms with Crippen LogP contribution < -0.4 is 4.90 Å². The molecular weight excluding hydrogens is 320 g/mol. The first-order valence-electron chi connectivity index (χ1n) is 8.10. The summed E-state index contributed by atoms with van der Waals surface area (Å²) in [5.41, 5.74) is 4.32. The zero-order chi connectivity index (χ0) is 17.3. The SMILES string of the molecule is Cc1cccc(N2CC(C(=O)N(C)Cc3ccsc3)CC2=O)c1C. The van der Waals surface area contributed by atoms with Crippen LogP contribution in [0, 0.1) is 19.8 Å². The largest absolute Gasteiger partial charge is 0.341 e. The highest BCUT2D eigenvalue weighted by Gasteiger charge is 2.37. The second kappa shape index (κ2) is 6.77. The van der Waals surface area contributed by atoms with Crippen LogP contribution in [-0.2, 0) is 16.1 Å². The first-order valence-corrected chi connectivity index (χ1v) is 9.04. The summed E-state index contributed by atoms with van der Waals surface area (Å²) in [6.45, 7) is 5.12. The fourth-order valence-electron chi connectivity index (χ4n) is 3.18. The molecular formula is C19H22N2O2S. The van der Waals surface area contributed by atoms with Gasteiger partial charge in [-0.25, -0.2) is 0 Å². The van der Waals surface area contributed by atoms with Crippen LogP contribution in [0.3, 0.4) is 0 Å². The van der Waals surface area contributed by atoms with Gasteiger partial charge in [-0.15, -0.1) is 0 Å². The molecule has 1 aliphatic heterocycles. The van der Waals surface area contributed by atoms with Gasteiger partial charge in [0.25, 0.3) is 0 Å². The van der Waals surface area contributed by atoms with Crippen molar-refractivity contribution in [3.05, 3.63) is 51.7 Å². The Morgan fingerprint density at radius 3 is 2.83 bits per heavy atom. The molecule has 1 aromatic carbocycles. The van der Waals surface area contributed by atoms with Gasteiger partial charge in [0.2, 0.25) is 11.8 Å². The Labute approximate surface area is 146 Å². The summed E-state index contributed by atoms with van der Waals surface area (Å²) >= 11 is 1.63. The third kappa shape index (κ3) is 3.22. The molecule has 0 N–H and O–H groups in total. The Balaban J connectivity index is 1.72. The predicted molar refractivity (Wildman–Crippen MR) is 97.2 cm³/mol. The number of carbonyl (C=O) groups is 2. The monoisotopic (exact) mass is 342 g/mol. The average molecular weight is 342 g/mol. The third-order valence-corrected chi connectivity index (χ3v) is 5.45. The van der Waals surface area contributed by atoms with Crippen molar-refractivity contribution in [3.63, 3.8) is 0 Å². The Kier molecular flexibility index (Phi) is 4.71. The number of aryl methyl sites for hydroxylation is 1. The van der Waals surface area contributed by atoms with Crippen molar-refractivity contribution >= 4 is 28.8 Å². The molecule has 1 aromatic heterocycles.